The quantitative estimate of drug-likeness (QED) is 0.630. The highest BCUT2D eigenvalue weighted by Gasteiger charge is 2.57. The summed E-state index contributed by atoms with van der Waals surface area (Å²) in [6.45, 7) is 0. The molecule has 1 saturated carbocycles. The van der Waals surface area contributed by atoms with Gasteiger partial charge in [-0.15, -0.1) is 0 Å². The Kier molecular flexibility index (Phi) is 1.82. The zero-order valence-electron chi connectivity index (χ0n) is 6.06. The van der Waals surface area contributed by atoms with Crippen molar-refractivity contribution in [3.63, 3.8) is 0 Å². The largest absolute Gasteiger partial charge is 0.480 e. The summed E-state index contributed by atoms with van der Waals surface area (Å²) < 4.78 is 35.6. The van der Waals surface area contributed by atoms with Gasteiger partial charge in [0.25, 0.3) is 0 Å². The molecule has 0 saturated heterocycles. The Hall–Kier alpha value is -0.780. The maximum atomic E-state index is 11.9. The van der Waals surface area contributed by atoms with E-state index < -0.39 is 36.4 Å². The van der Waals surface area contributed by atoms with Crippen LogP contribution >= 0.6 is 0 Å². The van der Waals surface area contributed by atoms with Crippen LogP contribution in [0, 0.1) is 5.92 Å². The lowest BCUT2D eigenvalue weighted by Gasteiger charge is -2.41. The summed E-state index contributed by atoms with van der Waals surface area (Å²) in [7, 11) is 0. The molecule has 0 aliphatic heterocycles. The molecule has 1 aliphatic carbocycles. The average Bonchev–Trinajstić information content (AvgIpc) is 1.77. The van der Waals surface area contributed by atoms with Gasteiger partial charge in [0, 0.05) is 0 Å². The Morgan fingerprint density at radius 1 is 1.50 bits per heavy atom. The molecule has 0 aromatic heterocycles. The van der Waals surface area contributed by atoms with E-state index in [0.717, 1.165) is 0 Å². The van der Waals surface area contributed by atoms with E-state index in [1.165, 1.54) is 0 Å². The van der Waals surface area contributed by atoms with Gasteiger partial charge in [0.2, 0.25) is 0 Å². The number of halogens is 3. The number of carboxylic acids is 1. The fourth-order valence-electron chi connectivity index (χ4n) is 1.23. The summed E-state index contributed by atoms with van der Waals surface area (Å²) in [6.07, 6.45) is -5.32. The lowest BCUT2D eigenvalue weighted by molar-refractivity contribution is -0.211. The fraction of sp³-hybridized carbons (Fsp3) is 0.833. The van der Waals surface area contributed by atoms with Gasteiger partial charge in [0.15, 0.2) is 0 Å². The Balaban J connectivity index is 2.53. The molecule has 0 atom stereocenters. The molecule has 0 aromatic rings. The van der Waals surface area contributed by atoms with Crippen LogP contribution in [0.4, 0.5) is 13.2 Å². The van der Waals surface area contributed by atoms with Crippen LogP contribution in [0.1, 0.15) is 12.8 Å². The van der Waals surface area contributed by atoms with Gasteiger partial charge in [-0.25, -0.2) is 0 Å². The maximum absolute atomic E-state index is 11.9. The number of nitrogens with two attached hydrogens (primary N) is 1. The second kappa shape index (κ2) is 2.35. The first-order valence-electron chi connectivity index (χ1n) is 3.35. The number of rotatable bonds is 1. The Bertz CT molecular complexity index is 207. The molecule has 0 bridgehead atoms. The molecule has 3 N–H and O–H groups in total. The minimum Gasteiger partial charge on any atom is -0.480 e. The molecule has 0 heterocycles. The van der Waals surface area contributed by atoms with Gasteiger partial charge in [-0.05, 0) is 12.8 Å². The minimum absolute atomic E-state index is 0.508. The summed E-state index contributed by atoms with van der Waals surface area (Å²) in [6, 6.07) is 0. The summed E-state index contributed by atoms with van der Waals surface area (Å²) >= 11 is 0. The van der Waals surface area contributed by atoms with Crippen molar-refractivity contribution in [3.8, 4) is 0 Å². The highest BCUT2D eigenvalue weighted by molar-refractivity contribution is 5.79. The van der Waals surface area contributed by atoms with Gasteiger partial charge in [0.05, 0.1) is 5.92 Å². The van der Waals surface area contributed by atoms with E-state index in [1.807, 2.05) is 0 Å². The third-order valence-corrected chi connectivity index (χ3v) is 2.11. The van der Waals surface area contributed by atoms with Crippen molar-refractivity contribution < 1.29 is 23.1 Å². The molecule has 3 nitrogen and oxygen atoms in total. The number of aliphatic carboxylic acids is 1. The van der Waals surface area contributed by atoms with Gasteiger partial charge >= 0.3 is 12.1 Å². The average molecular weight is 183 g/mol. The van der Waals surface area contributed by atoms with Crippen LogP contribution in [-0.2, 0) is 4.79 Å². The van der Waals surface area contributed by atoms with E-state index in [0.29, 0.717) is 0 Å². The van der Waals surface area contributed by atoms with Crippen molar-refractivity contribution in [2.45, 2.75) is 24.6 Å². The monoisotopic (exact) mass is 183 g/mol. The highest BCUT2D eigenvalue weighted by atomic mass is 19.4. The number of carbonyl (C=O) groups is 1. The summed E-state index contributed by atoms with van der Waals surface area (Å²) in [5.41, 5.74) is 3.48. The van der Waals surface area contributed by atoms with Gasteiger partial charge in [0.1, 0.15) is 5.54 Å². The molecular weight excluding hydrogens is 175 g/mol. The van der Waals surface area contributed by atoms with Crippen LogP contribution in [0.5, 0.6) is 0 Å². The second-order valence-corrected chi connectivity index (χ2v) is 3.11. The van der Waals surface area contributed by atoms with Gasteiger partial charge in [-0.3, -0.25) is 4.79 Å². The SMILES string of the molecule is NC1(C(=O)O)CC(C(F)(F)F)C1. The molecule has 0 unspecified atom stereocenters. The third-order valence-electron chi connectivity index (χ3n) is 2.11. The van der Waals surface area contributed by atoms with Crippen molar-refractivity contribution in [1.82, 2.24) is 0 Å². The molecular formula is C6H8F3NO2. The van der Waals surface area contributed by atoms with Gasteiger partial charge in [-0.2, -0.15) is 13.2 Å². The summed E-state index contributed by atoms with van der Waals surface area (Å²) in [5, 5.41) is 8.38. The molecule has 70 valence electrons. The molecule has 0 radical (unpaired) electrons. The maximum Gasteiger partial charge on any atom is 0.391 e. The van der Waals surface area contributed by atoms with Crippen molar-refractivity contribution >= 4 is 5.97 Å². The number of hydrogen-bond acceptors (Lipinski definition) is 2. The second-order valence-electron chi connectivity index (χ2n) is 3.11. The van der Waals surface area contributed by atoms with E-state index in [1.54, 1.807) is 0 Å². The first kappa shape index (κ1) is 9.31. The smallest absolute Gasteiger partial charge is 0.391 e. The third kappa shape index (κ3) is 1.38. The van der Waals surface area contributed by atoms with E-state index >= 15 is 0 Å². The van der Waals surface area contributed by atoms with Crippen molar-refractivity contribution in [2.75, 3.05) is 0 Å². The van der Waals surface area contributed by atoms with E-state index in [2.05, 4.69) is 0 Å². The van der Waals surface area contributed by atoms with Gasteiger partial charge < -0.3 is 10.8 Å². The summed E-state index contributed by atoms with van der Waals surface area (Å²) in [4.78, 5) is 10.3. The Morgan fingerprint density at radius 3 is 2.17 bits per heavy atom. The van der Waals surface area contributed by atoms with Crippen LogP contribution in [0.2, 0.25) is 0 Å². The predicted molar refractivity (Wildman–Crippen MR) is 33.3 cm³/mol. The fourth-order valence-corrected chi connectivity index (χ4v) is 1.23. The molecule has 0 aromatic carbocycles. The molecule has 6 heteroatoms. The Morgan fingerprint density at radius 2 is 1.92 bits per heavy atom. The first-order valence-corrected chi connectivity index (χ1v) is 3.35. The molecule has 1 aliphatic rings. The first-order chi connectivity index (χ1) is 5.26. The van der Waals surface area contributed by atoms with E-state index in [-0.39, 0.29) is 0 Å². The zero-order chi connectivity index (χ0) is 9.57. The lowest BCUT2D eigenvalue weighted by atomic mass is 9.68. The zero-order valence-corrected chi connectivity index (χ0v) is 6.06. The van der Waals surface area contributed by atoms with Crippen LogP contribution in [0.15, 0.2) is 0 Å². The van der Waals surface area contributed by atoms with Crippen molar-refractivity contribution in [1.29, 1.82) is 0 Å². The van der Waals surface area contributed by atoms with Crippen molar-refractivity contribution in [2.24, 2.45) is 11.7 Å². The topological polar surface area (TPSA) is 63.3 Å². The number of alkyl halides is 3. The Labute approximate surface area is 66.4 Å². The molecule has 0 spiro atoms. The number of carboxylic acid groups (broad SMARTS) is 1. The molecule has 1 rings (SSSR count). The predicted octanol–water partition coefficient (Wildman–Crippen LogP) is 0.741. The number of hydrogen-bond donors (Lipinski definition) is 2. The van der Waals surface area contributed by atoms with Crippen molar-refractivity contribution in [3.05, 3.63) is 0 Å². The minimum atomic E-state index is -4.31. The standard InChI is InChI=1S/C6H8F3NO2/c7-6(8,9)3-1-5(10,2-3)4(11)12/h3H,1-2,10H2,(H,11,12). The highest BCUT2D eigenvalue weighted by Crippen LogP contribution is 2.45. The normalized spacial score (nSPS) is 35.8. The van der Waals surface area contributed by atoms with Crippen LogP contribution < -0.4 is 5.73 Å². The van der Waals surface area contributed by atoms with Crippen LogP contribution in [0.3, 0.4) is 0 Å². The summed E-state index contributed by atoms with van der Waals surface area (Å²) in [5.74, 6) is -2.90. The lowest BCUT2D eigenvalue weighted by Crippen LogP contribution is -2.60. The van der Waals surface area contributed by atoms with E-state index in [4.69, 9.17) is 10.8 Å². The van der Waals surface area contributed by atoms with E-state index in [9.17, 15) is 18.0 Å². The molecule has 1 fully saturated rings. The molecule has 0 amide bonds. The van der Waals surface area contributed by atoms with Crippen LogP contribution in [0.25, 0.3) is 0 Å². The van der Waals surface area contributed by atoms with Crippen LogP contribution in [-0.4, -0.2) is 22.8 Å². The molecule has 12 heavy (non-hydrogen) atoms. The van der Waals surface area contributed by atoms with Gasteiger partial charge in [-0.1, -0.05) is 0 Å².